The Morgan fingerprint density at radius 2 is 2.06 bits per heavy atom. The summed E-state index contributed by atoms with van der Waals surface area (Å²) in [7, 11) is 0. The summed E-state index contributed by atoms with van der Waals surface area (Å²) in [6, 6.07) is 3.08. The maximum absolute atomic E-state index is 11.0. The average Bonchev–Trinajstić information content (AvgIpc) is 2.19. The first-order chi connectivity index (χ1) is 7.49. The molecule has 0 saturated heterocycles. The minimum absolute atomic E-state index is 0.173. The predicted molar refractivity (Wildman–Crippen MR) is 58.9 cm³/mol. The van der Waals surface area contributed by atoms with E-state index < -0.39 is 11.9 Å². The number of carboxylic acids is 1. The van der Waals surface area contributed by atoms with Crippen LogP contribution < -0.4 is 9.84 Å². The van der Waals surface area contributed by atoms with E-state index in [0.29, 0.717) is 27.8 Å². The fraction of sp³-hybridized carbons (Fsp3) is 0.364. The van der Waals surface area contributed by atoms with E-state index in [1.165, 1.54) is 6.07 Å². The summed E-state index contributed by atoms with van der Waals surface area (Å²) in [6.45, 7) is 1.81. The molecule has 1 aliphatic rings. The molecule has 0 N–H and O–H groups in total. The van der Waals surface area contributed by atoms with Gasteiger partial charge in [0, 0.05) is 23.5 Å². The highest BCUT2D eigenvalue weighted by Gasteiger charge is 2.27. The highest BCUT2D eigenvalue weighted by Crippen LogP contribution is 2.40. The van der Waals surface area contributed by atoms with Crippen molar-refractivity contribution in [1.29, 1.82) is 0 Å². The Labute approximate surface area is 103 Å². The number of halogens is 2. The number of aliphatic carboxylic acids is 1. The van der Waals surface area contributed by atoms with Gasteiger partial charge >= 0.3 is 0 Å². The maximum Gasteiger partial charge on any atom is 0.125 e. The maximum atomic E-state index is 11.0. The second-order valence-corrected chi connectivity index (χ2v) is 4.65. The van der Waals surface area contributed by atoms with Crippen molar-refractivity contribution in [1.82, 2.24) is 0 Å². The van der Waals surface area contributed by atoms with Crippen LogP contribution in [0.15, 0.2) is 12.1 Å². The van der Waals surface area contributed by atoms with Crippen LogP contribution in [0.4, 0.5) is 0 Å². The number of carboxylic acid groups (broad SMARTS) is 1. The monoisotopic (exact) mass is 259 g/mol. The topological polar surface area (TPSA) is 49.4 Å². The lowest BCUT2D eigenvalue weighted by molar-refractivity contribution is -0.308. The fourth-order valence-corrected chi connectivity index (χ4v) is 2.19. The summed E-state index contributed by atoms with van der Waals surface area (Å²) < 4.78 is 5.51. The van der Waals surface area contributed by atoms with Crippen LogP contribution in [-0.2, 0) is 4.79 Å². The van der Waals surface area contributed by atoms with Gasteiger partial charge in [0.05, 0.1) is 16.1 Å². The Morgan fingerprint density at radius 3 is 2.69 bits per heavy atom. The lowest BCUT2D eigenvalue weighted by atomic mass is 9.90. The molecular formula is C11H9Cl2O3-. The molecule has 0 radical (unpaired) electrons. The van der Waals surface area contributed by atoms with E-state index in [1.54, 1.807) is 13.0 Å². The van der Waals surface area contributed by atoms with Gasteiger partial charge in [0.15, 0.2) is 0 Å². The van der Waals surface area contributed by atoms with E-state index in [1.807, 2.05) is 0 Å². The molecule has 0 amide bonds. The van der Waals surface area contributed by atoms with E-state index in [9.17, 15) is 9.90 Å². The van der Waals surface area contributed by atoms with E-state index >= 15 is 0 Å². The van der Waals surface area contributed by atoms with Crippen LogP contribution >= 0.6 is 23.2 Å². The smallest absolute Gasteiger partial charge is 0.125 e. The molecule has 0 saturated carbocycles. The standard InChI is InChI=1S/C11H10Cl2O3/c1-5-2-7(11(14)15)6-3-8(12)9(13)4-10(6)16-5/h3-5,7H,2H2,1H3,(H,14,15)/p-1. The summed E-state index contributed by atoms with van der Waals surface area (Å²) in [6.07, 6.45) is 0.209. The largest absolute Gasteiger partial charge is 0.549 e. The Morgan fingerprint density at radius 1 is 1.44 bits per heavy atom. The molecule has 2 rings (SSSR count). The summed E-state index contributed by atoms with van der Waals surface area (Å²) in [4.78, 5) is 11.0. The number of carbonyl (C=O) groups is 1. The van der Waals surface area contributed by atoms with Crippen LogP contribution in [0.3, 0.4) is 0 Å². The van der Waals surface area contributed by atoms with Crippen molar-refractivity contribution < 1.29 is 14.6 Å². The van der Waals surface area contributed by atoms with Gasteiger partial charge in [-0.3, -0.25) is 0 Å². The van der Waals surface area contributed by atoms with Crippen molar-refractivity contribution in [2.24, 2.45) is 0 Å². The zero-order chi connectivity index (χ0) is 11.9. The van der Waals surface area contributed by atoms with Gasteiger partial charge < -0.3 is 14.6 Å². The predicted octanol–water partition coefficient (Wildman–Crippen LogP) is 2.00. The molecule has 1 aromatic rings. The molecular weight excluding hydrogens is 251 g/mol. The number of carbonyl (C=O) groups excluding carboxylic acids is 1. The quantitative estimate of drug-likeness (QED) is 0.775. The van der Waals surface area contributed by atoms with Crippen molar-refractivity contribution in [3.05, 3.63) is 27.7 Å². The highest BCUT2D eigenvalue weighted by molar-refractivity contribution is 6.42. The van der Waals surface area contributed by atoms with Gasteiger partial charge in [-0.05, 0) is 19.4 Å². The molecule has 0 spiro atoms. The molecule has 1 aliphatic heterocycles. The number of fused-ring (bicyclic) bond motifs is 1. The minimum atomic E-state index is -1.12. The molecule has 86 valence electrons. The summed E-state index contributed by atoms with van der Waals surface area (Å²) in [5.41, 5.74) is 0.535. The van der Waals surface area contributed by atoms with Gasteiger partial charge in [0.1, 0.15) is 5.75 Å². The van der Waals surface area contributed by atoms with Gasteiger partial charge in [-0.15, -0.1) is 0 Å². The zero-order valence-electron chi connectivity index (χ0n) is 8.50. The first kappa shape index (κ1) is 11.6. The summed E-state index contributed by atoms with van der Waals surface area (Å²) >= 11 is 11.7. The Kier molecular flexibility index (Phi) is 3.00. The van der Waals surface area contributed by atoms with Gasteiger partial charge in [-0.1, -0.05) is 23.2 Å². The molecule has 1 heterocycles. The molecule has 0 fully saturated rings. The van der Waals surface area contributed by atoms with Gasteiger partial charge in [0.25, 0.3) is 0 Å². The Bertz CT molecular complexity index is 445. The van der Waals surface area contributed by atoms with Crippen LogP contribution in [0.1, 0.15) is 24.8 Å². The van der Waals surface area contributed by atoms with Crippen molar-refractivity contribution in [2.45, 2.75) is 25.4 Å². The fourth-order valence-electron chi connectivity index (χ4n) is 1.87. The molecule has 0 aliphatic carbocycles. The van der Waals surface area contributed by atoms with Gasteiger partial charge in [-0.2, -0.15) is 0 Å². The molecule has 5 heteroatoms. The first-order valence-electron chi connectivity index (χ1n) is 4.85. The lowest BCUT2D eigenvalue weighted by Crippen LogP contribution is -2.35. The highest BCUT2D eigenvalue weighted by atomic mass is 35.5. The summed E-state index contributed by atoms with van der Waals surface area (Å²) in [5.74, 6) is -1.33. The number of ether oxygens (including phenoxy) is 1. The molecule has 2 unspecified atom stereocenters. The molecule has 0 bridgehead atoms. The van der Waals surface area contributed by atoms with Crippen LogP contribution in [-0.4, -0.2) is 12.1 Å². The third-order valence-corrected chi connectivity index (χ3v) is 3.33. The number of rotatable bonds is 1. The third-order valence-electron chi connectivity index (χ3n) is 2.61. The average molecular weight is 260 g/mol. The zero-order valence-corrected chi connectivity index (χ0v) is 10.0. The van der Waals surface area contributed by atoms with E-state index in [0.717, 1.165) is 0 Å². The van der Waals surface area contributed by atoms with Crippen molar-refractivity contribution >= 4 is 29.2 Å². The molecule has 0 aromatic heterocycles. The van der Waals surface area contributed by atoms with Crippen LogP contribution in [0.25, 0.3) is 0 Å². The minimum Gasteiger partial charge on any atom is -0.549 e. The van der Waals surface area contributed by atoms with Crippen molar-refractivity contribution in [3.63, 3.8) is 0 Å². The van der Waals surface area contributed by atoms with E-state index in [4.69, 9.17) is 27.9 Å². The number of benzene rings is 1. The van der Waals surface area contributed by atoms with Crippen LogP contribution in [0.2, 0.25) is 10.0 Å². The van der Waals surface area contributed by atoms with Crippen LogP contribution in [0, 0.1) is 0 Å². The molecule has 1 aromatic carbocycles. The number of hydrogen-bond acceptors (Lipinski definition) is 3. The molecule has 16 heavy (non-hydrogen) atoms. The summed E-state index contributed by atoms with van der Waals surface area (Å²) in [5, 5.41) is 11.7. The molecule has 3 nitrogen and oxygen atoms in total. The lowest BCUT2D eigenvalue weighted by Gasteiger charge is -2.31. The number of hydrogen-bond donors (Lipinski definition) is 0. The van der Waals surface area contributed by atoms with Crippen molar-refractivity contribution in [3.8, 4) is 5.75 Å². The Balaban J connectivity index is 2.52. The van der Waals surface area contributed by atoms with Gasteiger partial charge in [-0.25, -0.2) is 0 Å². The third kappa shape index (κ3) is 1.97. The second kappa shape index (κ2) is 4.15. The second-order valence-electron chi connectivity index (χ2n) is 3.84. The first-order valence-corrected chi connectivity index (χ1v) is 5.61. The Hall–Kier alpha value is -0.930. The van der Waals surface area contributed by atoms with E-state index in [-0.39, 0.29) is 6.10 Å². The van der Waals surface area contributed by atoms with Gasteiger partial charge in [0.2, 0.25) is 0 Å². The van der Waals surface area contributed by atoms with Crippen molar-refractivity contribution in [2.75, 3.05) is 0 Å². The normalized spacial score (nSPS) is 23.4. The van der Waals surface area contributed by atoms with Crippen LogP contribution in [0.5, 0.6) is 5.75 Å². The SMILES string of the molecule is CC1CC(C(=O)[O-])c2cc(Cl)c(Cl)cc2O1. The molecule has 2 atom stereocenters. The van der Waals surface area contributed by atoms with E-state index in [2.05, 4.69) is 0 Å².